The molecule has 1 nitrogen and oxygen atoms in total. The molecule has 1 heteroatoms. The van der Waals surface area contributed by atoms with Gasteiger partial charge in [0, 0.05) is 16.7 Å². The lowest BCUT2D eigenvalue weighted by Crippen LogP contribution is -2.33. The van der Waals surface area contributed by atoms with Gasteiger partial charge in [-0.2, -0.15) is 0 Å². The molecule has 2 saturated carbocycles. The molecule has 0 radical (unpaired) electrons. The van der Waals surface area contributed by atoms with Gasteiger partial charge in [0.1, 0.15) is 0 Å². The molecule has 0 bridgehead atoms. The zero-order chi connectivity index (χ0) is 51.1. The molecule has 374 valence electrons. The van der Waals surface area contributed by atoms with E-state index in [0.717, 1.165) is 37.1 Å². The Bertz CT molecular complexity index is 4030. The van der Waals surface area contributed by atoms with E-state index in [1.165, 1.54) is 162 Å². The molecule has 2 unspecified atom stereocenters. The van der Waals surface area contributed by atoms with Gasteiger partial charge in [0.2, 0.25) is 0 Å². The van der Waals surface area contributed by atoms with Crippen molar-refractivity contribution in [2.45, 2.75) is 100 Å². The zero-order valence-electron chi connectivity index (χ0n) is 44.2. The Morgan fingerprint density at radius 3 is 2.01 bits per heavy atom. The van der Waals surface area contributed by atoms with Gasteiger partial charge >= 0.3 is 0 Å². The highest BCUT2D eigenvalue weighted by Gasteiger charge is 2.47. The van der Waals surface area contributed by atoms with Crippen LogP contribution in [0.1, 0.15) is 122 Å². The van der Waals surface area contributed by atoms with Crippen molar-refractivity contribution in [3.8, 4) is 44.5 Å². The lowest BCUT2D eigenvalue weighted by Gasteiger charge is -2.30. The van der Waals surface area contributed by atoms with E-state index in [9.17, 15) is 0 Å². The summed E-state index contributed by atoms with van der Waals surface area (Å²) in [6.07, 6.45) is 36.1. The minimum absolute atomic E-state index is 0.0665. The van der Waals surface area contributed by atoms with Crippen LogP contribution in [0.2, 0.25) is 0 Å². The third kappa shape index (κ3) is 7.44. The fourth-order valence-electron chi connectivity index (χ4n) is 15.9. The molecule has 8 aromatic carbocycles. The lowest BCUT2D eigenvalue weighted by atomic mass is 9.73. The molecule has 0 saturated heterocycles. The van der Waals surface area contributed by atoms with E-state index in [1.54, 1.807) is 11.1 Å². The van der Waals surface area contributed by atoms with E-state index in [2.05, 4.69) is 207 Å². The van der Waals surface area contributed by atoms with Crippen LogP contribution in [0.25, 0.3) is 73.0 Å². The molecule has 0 N–H and O–H groups in total. The predicted molar refractivity (Wildman–Crippen MR) is 325 cm³/mol. The second-order valence-corrected chi connectivity index (χ2v) is 23.3. The maximum atomic E-state index is 5.69. The van der Waals surface area contributed by atoms with Crippen molar-refractivity contribution in [2.75, 3.05) is 0 Å². The van der Waals surface area contributed by atoms with Crippen molar-refractivity contribution < 1.29 is 0 Å². The van der Waals surface area contributed by atoms with E-state index in [-0.39, 0.29) is 22.7 Å². The molecule has 77 heavy (non-hydrogen) atoms. The van der Waals surface area contributed by atoms with Crippen molar-refractivity contribution >= 4 is 39.9 Å². The highest BCUT2D eigenvalue weighted by Crippen LogP contribution is 2.60. The van der Waals surface area contributed by atoms with Gasteiger partial charge in [0.25, 0.3) is 0 Å². The molecule has 1 aliphatic heterocycles. The van der Waals surface area contributed by atoms with Crippen molar-refractivity contribution in [3.63, 3.8) is 0 Å². The van der Waals surface area contributed by atoms with Gasteiger partial charge in [-0.1, -0.05) is 226 Å². The summed E-state index contributed by atoms with van der Waals surface area (Å²) in [5.41, 5.74) is 26.3. The maximum Gasteiger partial charge on any atom is 0.0671 e. The Labute approximate surface area is 454 Å². The number of hydrogen-bond acceptors (Lipinski definition) is 1. The van der Waals surface area contributed by atoms with Gasteiger partial charge in [-0.3, -0.25) is 4.99 Å². The van der Waals surface area contributed by atoms with Crippen molar-refractivity contribution in [3.05, 3.63) is 262 Å². The first-order valence-corrected chi connectivity index (χ1v) is 29.0. The zero-order valence-corrected chi connectivity index (χ0v) is 44.2. The lowest BCUT2D eigenvalue weighted by molar-refractivity contribution is 0.514. The van der Waals surface area contributed by atoms with E-state index >= 15 is 0 Å². The fraction of sp³-hybridized carbons (Fsp3) is 0.224. The third-order valence-corrected chi connectivity index (χ3v) is 19.4. The molecule has 6 aliphatic carbocycles. The van der Waals surface area contributed by atoms with Crippen LogP contribution in [-0.4, -0.2) is 5.71 Å². The van der Waals surface area contributed by atoms with Gasteiger partial charge in [0.05, 0.1) is 11.4 Å². The first-order chi connectivity index (χ1) is 38.1. The normalized spacial score (nSPS) is 20.1. The maximum absolute atomic E-state index is 5.69. The number of nitrogens with zero attached hydrogens (tertiary/aromatic N) is 1. The van der Waals surface area contributed by atoms with E-state index < -0.39 is 0 Å². The van der Waals surface area contributed by atoms with E-state index in [4.69, 9.17) is 4.99 Å². The topological polar surface area (TPSA) is 12.4 Å². The molecule has 1 heterocycles. The molecule has 0 aromatic heterocycles. The number of fused-ring (bicyclic) bond motifs is 12. The van der Waals surface area contributed by atoms with Gasteiger partial charge in [-0.25, -0.2) is 0 Å². The van der Waals surface area contributed by atoms with Crippen molar-refractivity contribution in [1.82, 2.24) is 0 Å². The minimum atomic E-state index is 0.0665. The van der Waals surface area contributed by atoms with Crippen LogP contribution in [0.15, 0.2) is 217 Å². The predicted octanol–water partition coefficient (Wildman–Crippen LogP) is 18.3. The average molecular weight is 992 g/mol. The Hall–Kier alpha value is -7.87. The molecule has 8 aromatic rings. The van der Waals surface area contributed by atoms with Crippen LogP contribution < -0.4 is 10.4 Å². The molecule has 2 atom stereocenters. The number of allylic oxidation sites excluding steroid dienone is 9. The van der Waals surface area contributed by atoms with Crippen LogP contribution in [0, 0.1) is 5.92 Å². The van der Waals surface area contributed by atoms with Crippen LogP contribution in [0.5, 0.6) is 0 Å². The molecular weight excluding hydrogens is 927 g/mol. The molecule has 2 spiro atoms. The number of aryl methyl sites for hydroxylation is 1. The monoisotopic (exact) mass is 992 g/mol. The molecule has 15 rings (SSSR count). The van der Waals surface area contributed by atoms with Gasteiger partial charge < -0.3 is 0 Å². The SMILES string of the molecule is C=C/C=C\C=C\C1C=c2c(-c3ccc4c(c3)C3(CCCC3)C3=C4C=CCC3)c3ccc(-c4ccc5c(c4)N=C(c4ccccc4)C(c4ccccc4)CC5)cc3c(-c3ccc4c(c3)C3(CCCC3)c3ccccc3-4)c2=CC1. The Morgan fingerprint density at radius 2 is 1.21 bits per heavy atom. The first-order valence-electron chi connectivity index (χ1n) is 29.0. The minimum Gasteiger partial charge on any atom is -0.252 e. The summed E-state index contributed by atoms with van der Waals surface area (Å²) >= 11 is 0. The van der Waals surface area contributed by atoms with Crippen LogP contribution >= 0.6 is 0 Å². The van der Waals surface area contributed by atoms with E-state index in [1.807, 2.05) is 12.2 Å². The van der Waals surface area contributed by atoms with E-state index in [0.29, 0.717) is 0 Å². The second-order valence-electron chi connectivity index (χ2n) is 23.3. The Morgan fingerprint density at radius 1 is 0.532 bits per heavy atom. The summed E-state index contributed by atoms with van der Waals surface area (Å²) in [4.78, 5) is 5.69. The standard InChI is InChI=1S/C76H65N/c1-2-3-4-7-20-50-29-36-63-65(45-50)72(56-34-38-61-59-25-12-14-27-67(59)75(69(61)47-56)41-16-17-42-75)64-40-33-54(46-66(64)73(63)57-35-39-62-60-26-13-15-28-68(60)76(70(62)48-57)43-18-19-44-76)55-31-30-52-32-37-58(51-21-8-5-9-22-51)74(77-71(52)49-55)53-23-10-6-11-24-53/h2-13,15,20-26,28,30-31,33-36,38-40,45-50,58H,1,14,16-19,27,29,32,37,41-44H2/b4-3-,20-7+. The number of rotatable bonds is 8. The summed E-state index contributed by atoms with van der Waals surface area (Å²) in [6, 6.07) is 61.1. The van der Waals surface area contributed by atoms with Crippen LogP contribution in [0.3, 0.4) is 0 Å². The quantitative estimate of drug-likeness (QED) is 0.135. The van der Waals surface area contributed by atoms with Gasteiger partial charge in [-0.15, -0.1) is 0 Å². The van der Waals surface area contributed by atoms with Gasteiger partial charge in [0.15, 0.2) is 0 Å². The summed E-state index contributed by atoms with van der Waals surface area (Å²) in [5.74, 6) is 0.465. The molecule has 7 aliphatic rings. The second kappa shape index (κ2) is 18.7. The van der Waals surface area contributed by atoms with Crippen molar-refractivity contribution in [1.29, 1.82) is 0 Å². The van der Waals surface area contributed by atoms with Gasteiger partial charge in [-0.05, 0) is 198 Å². The van der Waals surface area contributed by atoms with Crippen LogP contribution in [0.4, 0.5) is 5.69 Å². The Balaban J connectivity index is 0.976. The summed E-state index contributed by atoms with van der Waals surface area (Å²) in [5, 5.41) is 5.38. The molecule has 0 amide bonds. The first kappa shape index (κ1) is 46.4. The largest absolute Gasteiger partial charge is 0.252 e. The molecular formula is C76H65N. The summed E-state index contributed by atoms with van der Waals surface area (Å²) < 4.78 is 0. The third-order valence-electron chi connectivity index (χ3n) is 19.4. The Kier molecular flexibility index (Phi) is 11.3. The number of hydrogen-bond donors (Lipinski definition) is 0. The van der Waals surface area contributed by atoms with Crippen LogP contribution in [-0.2, 0) is 17.3 Å². The number of aliphatic imine (C=N–C) groups is 1. The smallest absolute Gasteiger partial charge is 0.0671 e. The fourth-order valence-corrected chi connectivity index (χ4v) is 15.9. The molecule has 2 fully saturated rings. The summed E-state index contributed by atoms with van der Waals surface area (Å²) in [7, 11) is 0. The average Bonchev–Trinajstić information content (AvgIpc) is 4.48. The highest BCUT2D eigenvalue weighted by molar-refractivity contribution is 6.09. The van der Waals surface area contributed by atoms with Crippen molar-refractivity contribution in [2.24, 2.45) is 10.9 Å². The number of benzene rings is 8. The highest BCUT2D eigenvalue weighted by atomic mass is 14.8. The summed E-state index contributed by atoms with van der Waals surface area (Å²) in [6.45, 7) is 3.95.